The topological polar surface area (TPSA) is 91.5 Å². The number of hydrogen-bond acceptors (Lipinski definition) is 4. The van der Waals surface area contributed by atoms with Gasteiger partial charge in [0.2, 0.25) is 0 Å². The molecule has 13 rings (SSSR count). The van der Waals surface area contributed by atoms with Crippen LogP contribution in [0.1, 0.15) is 66.9 Å². The molecule has 7 aromatic rings. The fourth-order valence-electron chi connectivity index (χ4n) is 11.2. The highest BCUT2D eigenvalue weighted by Gasteiger charge is 2.52. The van der Waals surface area contributed by atoms with E-state index < -0.39 is 0 Å². The molecule has 0 unspecified atom stereocenters. The quantitative estimate of drug-likeness (QED) is 0.163. The smallest absolute Gasteiger partial charge is 0.182 e. The third-order valence-electron chi connectivity index (χ3n) is 14.5. The van der Waals surface area contributed by atoms with Crippen molar-refractivity contribution in [3.05, 3.63) is 192 Å². The van der Waals surface area contributed by atoms with Crippen LogP contribution in [-0.4, -0.2) is 31.5 Å². The van der Waals surface area contributed by atoms with Crippen molar-refractivity contribution < 1.29 is 9.59 Å². The molecule has 2 aliphatic heterocycles. The van der Waals surface area contributed by atoms with Crippen molar-refractivity contribution in [2.75, 3.05) is 0 Å². The Balaban J connectivity index is 1.06. The molecular formula is C58H44N4O2. The van der Waals surface area contributed by atoms with Crippen molar-refractivity contribution in [1.29, 1.82) is 0 Å². The average molecular weight is 829 g/mol. The predicted molar refractivity (Wildman–Crippen MR) is 260 cm³/mol. The number of carbonyl (C=O) groups is 2. The van der Waals surface area contributed by atoms with E-state index in [2.05, 4.69) is 156 Å². The van der Waals surface area contributed by atoms with E-state index in [1.165, 1.54) is 17.7 Å². The van der Waals surface area contributed by atoms with Crippen molar-refractivity contribution in [3.8, 4) is 44.5 Å². The number of aromatic nitrogens is 4. The molecule has 3 aromatic heterocycles. The van der Waals surface area contributed by atoms with E-state index in [9.17, 15) is 9.59 Å². The molecule has 2 N–H and O–H groups in total. The summed E-state index contributed by atoms with van der Waals surface area (Å²) in [6.45, 7) is 0. The second kappa shape index (κ2) is 15.0. The molecule has 64 heavy (non-hydrogen) atoms. The summed E-state index contributed by atoms with van der Waals surface area (Å²) in [5.74, 6) is -0.0639. The van der Waals surface area contributed by atoms with Crippen LogP contribution in [0.25, 0.3) is 90.9 Å². The Morgan fingerprint density at radius 1 is 0.375 bits per heavy atom. The number of benzene rings is 4. The van der Waals surface area contributed by atoms with Gasteiger partial charge in [-0.15, -0.1) is 0 Å². The second-order valence-corrected chi connectivity index (χ2v) is 17.9. The molecule has 10 bridgehead atoms. The van der Waals surface area contributed by atoms with E-state index in [1.54, 1.807) is 6.08 Å². The predicted octanol–water partition coefficient (Wildman–Crippen LogP) is 13.5. The van der Waals surface area contributed by atoms with Gasteiger partial charge in [-0.05, 0) is 144 Å². The number of hydrogen-bond donors (Lipinski definition) is 2. The number of nitrogens with zero attached hydrogens (tertiary/aromatic N) is 2. The van der Waals surface area contributed by atoms with Gasteiger partial charge in [-0.2, -0.15) is 0 Å². The first-order valence-corrected chi connectivity index (χ1v) is 22.4. The summed E-state index contributed by atoms with van der Waals surface area (Å²) in [5.41, 5.74) is 17.7. The van der Waals surface area contributed by atoms with Crippen molar-refractivity contribution in [2.24, 2.45) is 5.41 Å². The van der Waals surface area contributed by atoms with Crippen LogP contribution < -0.4 is 0 Å². The number of ketones is 2. The Morgan fingerprint density at radius 3 is 1.12 bits per heavy atom. The highest BCUT2D eigenvalue weighted by Crippen LogP contribution is 2.61. The van der Waals surface area contributed by atoms with Crippen LogP contribution in [0.3, 0.4) is 0 Å². The van der Waals surface area contributed by atoms with Gasteiger partial charge < -0.3 is 9.97 Å². The van der Waals surface area contributed by atoms with Gasteiger partial charge in [0, 0.05) is 49.9 Å². The molecule has 308 valence electrons. The van der Waals surface area contributed by atoms with Crippen LogP contribution in [-0.2, 0) is 15.0 Å². The van der Waals surface area contributed by atoms with Gasteiger partial charge in [0.1, 0.15) is 0 Å². The number of fused-ring (bicyclic) bond motifs is 11. The number of nitrogens with one attached hydrogen (secondary N) is 2. The van der Waals surface area contributed by atoms with Gasteiger partial charge in [-0.25, -0.2) is 9.97 Å². The zero-order valence-electron chi connectivity index (χ0n) is 35.3. The fourth-order valence-corrected chi connectivity index (χ4v) is 11.2. The Kier molecular flexibility index (Phi) is 8.90. The Hall–Kier alpha value is -7.70. The van der Waals surface area contributed by atoms with Gasteiger partial charge in [0.05, 0.1) is 22.8 Å². The minimum Gasteiger partial charge on any atom is -0.354 e. The summed E-state index contributed by atoms with van der Waals surface area (Å²) in [7, 11) is 0. The summed E-state index contributed by atoms with van der Waals surface area (Å²) in [4.78, 5) is 44.0. The largest absolute Gasteiger partial charge is 0.354 e. The lowest BCUT2D eigenvalue weighted by Gasteiger charge is -2.54. The number of allylic oxidation sites excluding steroid dienone is 4. The van der Waals surface area contributed by atoms with Gasteiger partial charge in [-0.1, -0.05) is 115 Å². The molecule has 3 fully saturated rings. The van der Waals surface area contributed by atoms with Crippen molar-refractivity contribution in [2.45, 2.75) is 43.9 Å². The molecule has 4 aromatic carbocycles. The molecule has 3 saturated carbocycles. The maximum Gasteiger partial charge on any atom is 0.182 e. The molecule has 0 atom stereocenters. The summed E-state index contributed by atoms with van der Waals surface area (Å²) in [6.07, 6.45) is 18.8. The van der Waals surface area contributed by atoms with E-state index in [-0.39, 0.29) is 22.4 Å². The molecule has 5 heterocycles. The van der Waals surface area contributed by atoms with E-state index in [1.807, 2.05) is 18.2 Å². The molecule has 0 spiro atoms. The standard InChI is InChI=1S/C58H44N4O2/c63-42-20-29-52(64)43(36-42)58-33-30-57(31-34-58,32-35-58)41-18-16-40(17-19-41)56-50-27-25-48(61-50)54(38-12-6-2-7-13-38)46-23-21-44(59-46)53(37-10-4-1-5-11-37)45-22-24-47(60-45)55(39-14-8-3-9-15-39)49-26-28-51(56)62-49/h1-29,36,59,62H,30-35H2. The van der Waals surface area contributed by atoms with Crippen LogP contribution in [0.4, 0.5) is 0 Å². The van der Waals surface area contributed by atoms with Gasteiger partial charge in [-0.3, -0.25) is 9.59 Å². The maximum absolute atomic E-state index is 13.0. The molecule has 6 nitrogen and oxygen atoms in total. The van der Waals surface area contributed by atoms with Crippen LogP contribution in [0.5, 0.6) is 0 Å². The van der Waals surface area contributed by atoms with Crippen LogP contribution >= 0.6 is 0 Å². The molecule has 0 radical (unpaired) electrons. The lowest BCUT2D eigenvalue weighted by atomic mass is 9.49. The molecule has 0 amide bonds. The van der Waals surface area contributed by atoms with E-state index in [0.717, 1.165) is 133 Å². The molecule has 6 aliphatic rings. The van der Waals surface area contributed by atoms with Crippen LogP contribution in [0, 0.1) is 5.41 Å². The number of rotatable bonds is 6. The number of carbonyl (C=O) groups excluding carboxylic acids is 2. The van der Waals surface area contributed by atoms with Gasteiger partial charge in [0.25, 0.3) is 0 Å². The first-order valence-electron chi connectivity index (χ1n) is 22.4. The summed E-state index contributed by atoms with van der Waals surface area (Å²) >= 11 is 0. The number of aromatic amines is 2. The Morgan fingerprint density at radius 2 is 0.734 bits per heavy atom. The average Bonchev–Trinajstić information content (AvgIpc) is 4.20. The minimum atomic E-state index is -0.194. The summed E-state index contributed by atoms with van der Waals surface area (Å²) < 4.78 is 0. The van der Waals surface area contributed by atoms with Gasteiger partial charge in [0.15, 0.2) is 11.6 Å². The lowest BCUT2D eigenvalue weighted by molar-refractivity contribution is -0.116. The number of H-pyrrole nitrogens is 2. The molecule has 4 aliphatic carbocycles. The minimum absolute atomic E-state index is 0.00694. The molecular weight excluding hydrogens is 785 g/mol. The SMILES string of the molecule is O=C1C=CC(=O)C(C23CCC(c4ccc(-c5c6nc(c(-c7ccccc7)c7ccc([nH]7)c(-c7ccccc7)c7nc(c(-c8ccccc8)c8ccc5[nH]8)C=C7)C=C6)cc4)(CC2)CC3)=C1. The monoisotopic (exact) mass is 828 g/mol. The summed E-state index contributed by atoms with van der Waals surface area (Å²) in [5, 5.41) is 0. The fraction of sp³-hybridized carbons (Fsp3) is 0.138. The Bertz CT molecular complexity index is 3290. The normalized spacial score (nSPS) is 19.9. The van der Waals surface area contributed by atoms with Crippen molar-refractivity contribution >= 4 is 57.9 Å². The van der Waals surface area contributed by atoms with Gasteiger partial charge >= 0.3 is 0 Å². The third-order valence-corrected chi connectivity index (χ3v) is 14.5. The van der Waals surface area contributed by atoms with E-state index in [4.69, 9.17) is 9.97 Å². The highest BCUT2D eigenvalue weighted by molar-refractivity contribution is 6.18. The second-order valence-electron chi connectivity index (χ2n) is 17.9. The first-order chi connectivity index (χ1) is 31.4. The maximum atomic E-state index is 13.0. The first kappa shape index (κ1) is 38.0. The molecule has 6 heteroatoms. The zero-order chi connectivity index (χ0) is 42.8. The lowest BCUT2D eigenvalue weighted by Crippen LogP contribution is -2.46. The molecule has 0 saturated heterocycles. The highest BCUT2D eigenvalue weighted by atomic mass is 16.1. The van der Waals surface area contributed by atoms with Crippen LogP contribution in [0.2, 0.25) is 0 Å². The van der Waals surface area contributed by atoms with Crippen molar-refractivity contribution in [3.63, 3.8) is 0 Å². The zero-order valence-corrected chi connectivity index (χ0v) is 35.3. The Labute approximate surface area is 371 Å². The van der Waals surface area contributed by atoms with E-state index >= 15 is 0 Å². The van der Waals surface area contributed by atoms with E-state index in [0.29, 0.717) is 0 Å². The summed E-state index contributed by atoms with van der Waals surface area (Å²) in [6, 6.07) is 49.4. The third kappa shape index (κ3) is 6.31. The van der Waals surface area contributed by atoms with Crippen LogP contribution in [0.15, 0.2) is 163 Å². The van der Waals surface area contributed by atoms with Crippen molar-refractivity contribution in [1.82, 2.24) is 19.9 Å².